The molecule has 1 heterocycles. The predicted octanol–water partition coefficient (Wildman–Crippen LogP) is 8.01. The zero-order chi connectivity index (χ0) is 30.6. The lowest BCUT2D eigenvalue weighted by atomic mass is 9.87. The number of pyridine rings is 1. The van der Waals surface area contributed by atoms with Crippen LogP contribution in [0.1, 0.15) is 80.2 Å². The summed E-state index contributed by atoms with van der Waals surface area (Å²) in [7, 11) is 0. The Morgan fingerprint density at radius 2 is 1.65 bits per heavy atom. The Hall–Kier alpha value is -4.26. The van der Waals surface area contributed by atoms with Crippen molar-refractivity contribution < 1.29 is 23.8 Å². The lowest BCUT2D eigenvalue weighted by Gasteiger charge is -2.19. The third-order valence-electron chi connectivity index (χ3n) is 8.27. The predicted molar refractivity (Wildman–Crippen MR) is 166 cm³/mol. The first kappa shape index (κ1) is 30.2. The highest BCUT2D eigenvalue weighted by molar-refractivity contribution is 5.99. The number of aryl methyl sites for hydroxylation is 1. The largest absolute Gasteiger partial charge is 0.480 e. The minimum atomic E-state index is -1.13. The molecule has 0 radical (unpaired) electrons. The van der Waals surface area contributed by atoms with E-state index in [9.17, 15) is 19.1 Å². The first-order valence-electron chi connectivity index (χ1n) is 15.1. The number of halogens is 1. The summed E-state index contributed by atoms with van der Waals surface area (Å²) in [5.74, 6) is -0.0782. The topological polar surface area (TPSA) is 88.5 Å². The molecule has 6 nitrogen and oxygen atoms in total. The van der Waals surface area contributed by atoms with E-state index in [1.807, 2.05) is 30.3 Å². The summed E-state index contributed by atoms with van der Waals surface area (Å²) in [6, 6.07) is 20.4. The number of amides is 1. The second-order valence-corrected chi connectivity index (χ2v) is 12.6. The fourth-order valence-electron chi connectivity index (χ4n) is 5.73. The van der Waals surface area contributed by atoms with Gasteiger partial charge >= 0.3 is 5.97 Å². The van der Waals surface area contributed by atoms with Gasteiger partial charge in [-0.25, -0.2) is 14.2 Å². The molecule has 1 atom stereocenters. The summed E-state index contributed by atoms with van der Waals surface area (Å²) >= 11 is 0. The van der Waals surface area contributed by atoms with E-state index < -0.39 is 17.9 Å². The highest BCUT2D eigenvalue weighted by Gasteiger charge is 2.24. The van der Waals surface area contributed by atoms with Crippen LogP contribution in [-0.4, -0.2) is 28.0 Å². The van der Waals surface area contributed by atoms with Gasteiger partial charge in [-0.15, -0.1) is 0 Å². The molecular formula is C36H39FN2O4. The molecule has 0 bridgehead atoms. The molecule has 2 N–H and O–H groups in total. The van der Waals surface area contributed by atoms with Gasteiger partial charge in [0.25, 0.3) is 5.91 Å². The molecule has 1 fully saturated rings. The Morgan fingerprint density at radius 1 is 0.977 bits per heavy atom. The number of nitrogens with zero attached hydrogens (tertiary/aromatic N) is 1. The Labute approximate surface area is 252 Å². The maximum Gasteiger partial charge on any atom is 0.326 e. The van der Waals surface area contributed by atoms with Crippen LogP contribution in [0.5, 0.6) is 11.5 Å². The summed E-state index contributed by atoms with van der Waals surface area (Å²) in [4.78, 5) is 30.1. The summed E-state index contributed by atoms with van der Waals surface area (Å²) < 4.78 is 19.5. The number of hydrogen-bond acceptors (Lipinski definition) is 4. The van der Waals surface area contributed by atoms with E-state index >= 15 is 0 Å². The van der Waals surface area contributed by atoms with Crippen molar-refractivity contribution in [3.05, 3.63) is 101 Å². The molecule has 0 saturated heterocycles. The molecule has 43 heavy (non-hydrogen) atoms. The van der Waals surface area contributed by atoms with Crippen LogP contribution in [0.25, 0.3) is 10.8 Å². The first-order chi connectivity index (χ1) is 20.5. The highest BCUT2D eigenvalue weighted by atomic mass is 19.1. The number of nitrogens with one attached hydrogen (secondary N) is 1. The van der Waals surface area contributed by atoms with Gasteiger partial charge in [-0.2, -0.15) is 0 Å². The lowest BCUT2D eigenvalue weighted by molar-refractivity contribution is -0.139. The molecule has 0 spiro atoms. The summed E-state index contributed by atoms with van der Waals surface area (Å²) in [6.45, 7) is 6.53. The number of aromatic nitrogens is 1. The zero-order valence-corrected chi connectivity index (χ0v) is 25.0. The fraction of sp³-hybridized carbons (Fsp3) is 0.361. The number of fused-ring (bicyclic) bond motifs is 1. The summed E-state index contributed by atoms with van der Waals surface area (Å²) in [5, 5.41) is 14.2. The van der Waals surface area contributed by atoms with Crippen molar-refractivity contribution in [2.45, 2.75) is 77.2 Å². The Morgan fingerprint density at radius 3 is 2.30 bits per heavy atom. The number of carbonyl (C=O) groups is 2. The molecule has 1 amide bonds. The number of carboxylic acids is 1. The van der Waals surface area contributed by atoms with Crippen molar-refractivity contribution in [1.82, 2.24) is 10.3 Å². The average molecular weight is 583 g/mol. The van der Waals surface area contributed by atoms with E-state index in [-0.39, 0.29) is 23.3 Å². The van der Waals surface area contributed by atoms with Crippen molar-refractivity contribution in [2.24, 2.45) is 5.92 Å². The number of carbonyl (C=O) groups excluding carboxylic acids is 1. The van der Waals surface area contributed by atoms with Crippen LogP contribution in [0, 0.1) is 11.7 Å². The van der Waals surface area contributed by atoms with Gasteiger partial charge < -0.3 is 15.2 Å². The monoisotopic (exact) mass is 582 g/mol. The standard InChI is InChI=1S/C36H39FN2O4/c1-36(2,3)26-12-17-28(18-13-26)43-29-16-11-25-21-33(38-32(30(25)22-29)20-24-6-4-5-7-24)34(40)39-31(35(41)42)19-10-23-8-14-27(37)15-9-23/h8-9,11-18,21-22,24,31H,4-7,10,19-20H2,1-3H3,(H,39,40)(H,41,42). The third kappa shape index (κ3) is 7.78. The maximum atomic E-state index is 13.3. The molecule has 0 aliphatic heterocycles. The van der Waals surface area contributed by atoms with Crippen molar-refractivity contribution in [2.75, 3.05) is 0 Å². The Kier molecular flexibility index (Phi) is 9.09. The zero-order valence-electron chi connectivity index (χ0n) is 25.0. The molecular weight excluding hydrogens is 543 g/mol. The van der Waals surface area contributed by atoms with E-state index in [2.05, 4.69) is 38.2 Å². The van der Waals surface area contributed by atoms with E-state index in [1.165, 1.54) is 30.5 Å². The van der Waals surface area contributed by atoms with Crippen molar-refractivity contribution in [1.29, 1.82) is 0 Å². The molecule has 5 rings (SSSR count). The van der Waals surface area contributed by atoms with Crippen LogP contribution < -0.4 is 10.1 Å². The average Bonchev–Trinajstić information content (AvgIpc) is 3.49. The van der Waals surface area contributed by atoms with Gasteiger partial charge in [0.1, 0.15) is 29.1 Å². The van der Waals surface area contributed by atoms with Gasteiger partial charge in [0.2, 0.25) is 0 Å². The number of rotatable bonds is 10. The number of benzene rings is 3. The molecule has 7 heteroatoms. The molecule has 1 saturated carbocycles. The molecule has 224 valence electrons. The number of hydrogen-bond donors (Lipinski definition) is 2. The van der Waals surface area contributed by atoms with Gasteiger partial charge in [0, 0.05) is 11.1 Å². The van der Waals surface area contributed by atoms with Crippen LogP contribution in [0.3, 0.4) is 0 Å². The molecule has 4 aromatic rings. The smallest absolute Gasteiger partial charge is 0.326 e. The lowest BCUT2D eigenvalue weighted by Crippen LogP contribution is -2.41. The molecule has 1 aliphatic carbocycles. The van der Waals surface area contributed by atoms with Crippen LogP contribution in [-0.2, 0) is 23.1 Å². The first-order valence-corrected chi connectivity index (χ1v) is 15.1. The van der Waals surface area contributed by atoms with Crippen molar-refractivity contribution in [3.63, 3.8) is 0 Å². The molecule has 1 aliphatic rings. The van der Waals surface area contributed by atoms with Crippen LogP contribution in [0.15, 0.2) is 72.8 Å². The molecule has 1 aromatic heterocycles. The number of aliphatic carboxylic acids is 1. The van der Waals surface area contributed by atoms with Crippen molar-refractivity contribution in [3.8, 4) is 11.5 Å². The second-order valence-electron chi connectivity index (χ2n) is 12.6. The maximum absolute atomic E-state index is 13.3. The van der Waals surface area contributed by atoms with Gasteiger partial charge in [-0.05, 0) is 89.6 Å². The van der Waals surface area contributed by atoms with Gasteiger partial charge in [-0.3, -0.25) is 4.79 Å². The van der Waals surface area contributed by atoms with E-state index in [0.717, 1.165) is 47.0 Å². The fourth-order valence-corrected chi connectivity index (χ4v) is 5.73. The van der Waals surface area contributed by atoms with Gasteiger partial charge in [0.05, 0.1) is 0 Å². The SMILES string of the molecule is CC(C)(C)c1ccc(Oc2ccc3cc(C(=O)NC(CCc4ccc(F)cc4)C(=O)O)nc(CC4CCCC4)c3c2)cc1. The van der Waals surface area contributed by atoms with E-state index in [1.54, 1.807) is 18.2 Å². The Bertz CT molecular complexity index is 1590. The van der Waals surface area contributed by atoms with Crippen LogP contribution in [0.4, 0.5) is 4.39 Å². The summed E-state index contributed by atoms with van der Waals surface area (Å²) in [5.41, 5.74) is 3.10. The number of carboxylic acid groups (broad SMARTS) is 1. The molecule has 3 aromatic carbocycles. The van der Waals surface area contributed by atoms with Crippen LogP contribution in [0.2, 0.25) is 0 Å². The highest BCUT2D eigenvalue weighted by Crippen LogP contribution is 2.33. The molecule has 1 unspecified atom stereocenters. The van der Waals surface area contributed by atoms with E-state index in [0.29, 0.717) is 18.1 Å². The quantitative estimate of drug-likeness (QED) is 0.198. The number of ether oxygens (including phenoxy) is 1. The van der Waals surface area contributed by atoms with Gasteiger partial charge in [0.15, 0.2) is 0 Å². The minimum Gasteiger partial charge on any atom is -0.480 e. The normalized spacial score (nSPS) is 14.5. The minimum absolute atomic E-state index is 0.0549. The van der Waals surface area contributed by atoms with Crippen molar-refractivity contribution >= 4 is 22.6 Å². The Balaban J connectivity index is 1.38. The summed E-state index contributed by atoms with van der Waals surface area (Å²) in [6.07, 6.45) is 5.94. The van der Waals surface area contributed by atoms with Gasteiger partial charge in [-0.1, -0.05) is 76.8 Å². The van der Waals surface area contributed by atoms with E-state index in [4.69, 9.17) is 9.72 Å². The van der Waals surface area contributed by atoms with Crippen LogP contribution >= 0.6 is 0 Å². The third-order valence-corrected chi connectivity index (χ3v) is 8.27. The second kappa shape index (κ2) is 12.9.